The molecule has 19 heavy (non-hydrogen) atoms. The van der Waals surface area contributed by atoms with E-state index in [4.69, 9.17) is 27.8 Å². The minimum Gasteiger partial charge on any atom is -0.394 e. The van der Waals surface area contributed by atoms with Gasteiger partial charge in [0.05, 0.1) is 6.61 Å². The van der Waals surface area contributed by atoms with E-state index in [1.807, 2.05) is 0 Å². The van der Waals surface area contributed by atoms with Crippen LogP contribution < -0.4 is 5.73 Å². The molecule has 1 aliphatic heterocycles. The van der Waals surface area contributed by atoms with Gasteiger partial charge in [-0.25, -0.2) is 4.98 Å². The van der Waals surface area contributed by atoms with Crippen LogP contribution in [-0.2, 0) is 4.74 Å². The molecular weight excluding hydrogens is 274 g/mol. The van der Waals surface area contributed by atoms with E-state index in [-0.39, 0.29) is 10.6 Å². The highest BCUT2D eigenvalue weighted by atomic mass is 32.1. The fraction of sp³-hybridized carbons (Fsp3) is 0.600. The van der Waals surface area contributed by atoms with Crippen molar-refractivity contribution < 1.29 is 25.2 Å². The Labute approximate surface area is 113 Å². The van der Waals surface area contributed by atoms with Crippen molar-refractivity contribution in [2.24, 2.45) is 0 Å². The zero-order valence-corrected chi connectivity index (χ0v) is 10.6. The number of aromatic nitrogens is 2. The first-order valence-corrected chi connectivity index (χ1v) is 6.01. The number of rotatable bonds is 2. The Morgan fingerprint density at radius 3 is 2.58 bits per heavy atom. The van der Waals surface area contributed by atoms with Crippen LogP contribution in [0.25, 0.3) is 0 Å². The quantitative estimate of drug-likeness (QED) is 0.401. The second-order valence-corrected chi connectivity index (χ2v) is 4.63. The summed E-state index contributed by atoms with van der Waals surface area (Å²) in [5.41, 5.74) is 5.47. The summed E-state index contributed by atoms with van der Waals surface area (Å²) in [6.45, 7) is -0.503. The van der Waals surface area contributed by atoms with Gasteiger partial charge in [-0.3, -0.25) is 4.57 Å². The Bertz CT molecular complexity index is 508. The lowest BCUT2D eigenvalue weighted by Crippen LogP contribution is -2.56. The van der Waals surface area contributed by atoms with Crippen LogP contribution in [0.5, 0.6) is 0 Å². The van der Waals surface area contributed by atoms with Crippen LogP contribution in [0.15, 0.2) is 12.3 Å². The maximum atomic E-state index is 9.93. The summed E-state index contributed by atoms with van der Waals surface area (Å²) in [7, 11) is 0. The summed E-state index contributed by atoms with van der Waals surface area (Å²) >= 11 is 4.99. The monoisotopic (exact) mass is 289 g/mol. The van der Waals surface area contributed by atoms with Crippen LogP contribution in [0.1, 0.15) is 6.23 Å². The molecule has 8 nitrogen and oxygen atoms in total. The molecule has 1 aromatic heterocycles. The van der Waals surface area contributed by atoms with Crippen molar-refractivity contribution in [1.82, 2.24) is 9.55 Å². The van der Waals surface area contributed by atoms with Gasteiger partial charge in [-0.05, 0) is 18.3 Å². The third kappa shape index (κ3) is 2.61. The Hall–Kier alpha value is -1.10. The number of hydrogen-bond acceptors (Lipinski definition) is 8. The van der Waals surface area contributed by atoms with Crippen LogP contribution >= 0.6 is 12.2 Å². The van der Waals surface area contributed by atoms with Gasteiger partial charge < -0.3 is 30.9 Å². The summed E-state index contributed by atoms with van der Waals surface area (Å²) < 4.78 is 6.70. The Morgan fingerprint density at radius 2 is 2.00 bits per heavy atom. The van der Waals surface area contributed by atoms with Gasteiger partial charge in [-0.1, -0.05) is 0 Å². The van der Waals surface area contributed by atoms with E-state index in [9.17, 15) is 15.3 Å². The van der Waals surface area contributed by atoms with Crippen LogP contribution in [0.2, 0.25) is 0 Å². The van der Waals surface area contributed by atoms with Gasteiger partial charge in [0.1, 0.15) is 30.2 Å². The minimum atomic E-state index is -1.46. The van der Waals surface area contributed by atoms with Crippen molar-refractivity contribution in [3.63, 3.8) is 0 Å². The molecule has 5 unspecified atom stereocenters. The number of nitrogen functional groups attached to an aromatic ring is 1. The van der Waals surface area contributed by atoms with E-state index < -0.39 is 37.3 Å². The Morgan fingerprint density at radius 1 is 1.32 bits per heavy atom. The fourth-order valence-electron chi connectivity index (χ4n) is 1.93. The molecule has 2 heterocycles. The summed E-state index contributed by atoms with van der Waals surface area (Å²) in [5, 5.41) is 38.4. The SMILES string of the molecule is Nc1ccn(C2OC(CO)C(O)C(O)C2O)c(=S)n1. The molecule has 1 aliphatic rings. The average Bonchev–Trinajstić information content (AvgIpc) is 2.38. The van der Waals surface area contributed by atoms with Gasteiger partial charge >= 0.3 is 0 Å². The van der Waals surface area contributed by atoms with Gasteiger partial charge in [0, 0.05) is 6.20 Å². The zero-order valence-electron chi connectivity index (χ0n) is 9.83. The molecule has 0 amide bonds. The summed E-state index contributed by atoms with van der Waals surface area (Å²) in [4.78, 5) is 3.84. The first-order valence-electron chi connectivity index (χ1n) is 5.61. The van der Waals surface area contributed by atoms with Crippen LogP contribution in [0, 0.1) is 4.77 Å². The molecule has 0 aliphatic carbocycles. The van der Waals surface area contributed by atoms with Gasteiger partial charge in [0.2, 0.25) is 4.77 Å². The largest absolute Gasteiger partial charge is 0.394 e. The molecule has 1 saturated heterocycles. The van der Waals surface area contributed by atoms with E-state index in [1.54, 1.807) is 0 Å². The molecule has 5 atom stereocenters. The smallest absolute Gasteiger partial charge is 0.203 e. The fourth-order valence-corrected chi connectivity index (χ4v) is 2.20. The van der Waals surface area contributed by atoms with Gasteiger partial charge in [-0.15, -0.1) is 0 Å². The number of nitrogens with zero attached hydrogens (tertiary/aromatic N) is 2. The maximum absolute atomic E-state index is 9.93. The third-order valence-electron chi connectivity index (χ3n) is 2.99. The highest BCUT2D eigenvalue weighted by Crippen LogP contribution is 2.28. The molecule has 106 valence electrons. The number of hydrogen-bond donors (Lipinski definition) is 5. The molecule has 0 aromatic carbocycles. The van der Waals surface area contributed by atoms with Crippen molar-refractivity contribution in [3.05, 3.63) is 17.0 Å². The van der Waals surface area contributed by atoms with E-state index in [2.05, 4.69) is 4.98 Å². The first-order chi connectivity index (χ1) is 8.95. The normalized spacial score (nSPS) is 35.3. The Balaban J connectivity index is 2.35. The molecule has 6 N–H and O–H groups in total. The standard InChI is InChI=1S/C10H15N3O5S/c11-5-1-2-13(10(19)12-5)9-8(17)7(16)6(15)4(3-14)18-9/h1-2,4,6-9,14-17H,3H2,(H2,11,12,19). The number of nitrogens with two attached hydrogens (primary N) is 1. The number of aliphatic hydroxyl groups is 4. The molecular formula is C10H15N3O5S. The zero-order chi connectivity index (χ0) is 14.2. The van der Waals surface area contributed by atoms with Gasteiger partial charge in [0.25, 0.3) is 0 Å². The topological polar surface area (TPSA) is 134 Å². The number of anilines is 1. The van der Waals surface area contributed by atoms with Crippen molar-refractivity contribution in [2.75, 3.05) is 12.3 Å². The molecule has 0 bridgehead atoms. The van der Waals surface area contributed by atoms with E-state index in [0.29, 0.717) is 0 Å². The van der Waals surface area contributed by atoms with Crippen molar-refractivity contribution in [3.8, 4) is 0 Å². The van der Waals surface area contributed by atoms with Crippen LogP contribution in [0.3, 0.4) is 0 Å². The van der Waals surface area contributed by atoms with Crippen molar-refractivity contribution >= 4 is 18.0 Å². The lowest BCUT2D eigenvalue weighted by molar-refractivity contribution is -0.251. The average molecular weight is 289 g/mol. The summed E-state index contributed by atoms with van der Waals surface area (Å²) in [6.07, 6.45) is -4.88. The maximum Gasteiger partial charge on any atom is 0.203 e. The lowest BCUT2D eigenvalue weighted by atomic mass is 9.98. The van der Waals surface area contributed by atoms with E-state index in [1.165, 1.54) is 16.8 Å². The first kappa shape index (κ1) is 14.3. The van der Waals surface area contributed by atoms with Crippen molar-refractivity contribution in [1.29, 1.82) is 0 Å². The van der Waals surface area contributed by atoms with E-state index >= 15 is 0 Å². The third-order valence-corrected chi connectivity index (χ3v) is 3.29. The Kier molecular flexibility index (Phi) is 4.13. The highest BCUT2D eigenvalue weighted by molar-refractivity contribution is 7.71. The second kappa shape index (κ2) is 5.49. The minimum absolute atomic E-state index is 0.0596. The van der Waals surface area contributed by atoms with Gasteiger partial charge in [0.15, 0.2) is 6.23 Å². The molecule has 0 radical (unpaired) electrons. The van der Waals surface area contributed by atoms with Crippen LogP contribution in [-0.4, -0.2) is 61.0 Å². The van der Waals surface area contributed by atoms with Crippen LogP contribution in [0.4, 0.5) is 5.82 Å². The van der Waals surface area contributed by atoms with E-state index in [0.717, 1.165) is 0 Å². The number of aliphatic hydroxyl groups excluding tert-OH is 4. The molecule has 1 fully saturated rings. The molecule has 0 saturated carbocycles. The molecule has 9 heteroatoms. The van der Waals surface area contributed by atoms with Crippen molar-refractivity contribution in [2.45, 2.75) is 30.6 Å². The number of ether oxygens (including phenoxy) is 1. The van der Waals surface area contributed by atoms with Gasteiger partial charge in [-0.2, -0.15) is 0 Å². The molecule has 1 aromatic rings. The predicted octanol–water partition coefficient (Wildman–Crippen LogP) is -1.83. The molecule has 0 spiro atoms. The predicted molar refractivity (Wildman–Crippen MR) is 66.5 cm³/mol. The lowest BCUT2D eigenvalue weighted by Gasteiger charge is -2.40. The molecule has 2 rings (SSSR count). The summed E-state index contributed by atoms with van der Waals surface area (Å²) in [5.74, 6) is 0.214. The highest BCUT2D eigenvalue weighted by Gasteiger charge is 2.44. The summed E-state index contributed by atoms with van der Waals surface area (Å²) in [6, 6.07) is 1.46. The second-order valence-electron chi connectivity index (χ2n) is 4.26.